The van der Waals surface area contributed by atoms with Gasteiger partial charge in [-0.2, -0.15) is 0 Å². The summed E-state index contributed by atoms with van der Waals surface area (Å²) in [5, 5.41) is 0. The molecule has 10 heteroatoms. The number of amides is 1. The van der Waals surface area contributed by atoms with Crippen LogP contribution in [0.25, 0.3) is 0 Å². The zero-order valence-corrected chi connectivity index (χ0v) is 9.34. The Kier molecular flexibility index (Phi) is 4.86. The molecule has 0 saturated carbocycles. The van der Waals surface area contributed by atoms with Crippen LogP contribution >= 0.6 is 15.2 Å². The van der Waals surface area contributed by atoms with E-state index in [1.165, 1.54) is 0 Å². The Morgan fingerprint density at radius 2 is 1.47 bits per heavy atom. The second-order valence-corrected chi connectivity index (χ2v) is 5.92. The molecule has 0 unspecified atom stereocenters. The third-order valence-electron chi connectivity index (χ3n) is 1.20. The maximum Gasteiger partial charge on any atom is 0.344 e. The zero-order chi connectivity index (χ0) is 12.3. The highest BCUT2D eigenvalue weighted by molar-refractivity contribution is 7.52. The minimum Gasteiger partial charge on any atom is -0.323 e. The molecule has 0 saturated heterocycles. The summed E-state index contributed by atoms with van der Waals surface area (Å²) in [7, 11) is -9.12. The first kappa shape index (κ1) is 14.5. The molecule has 0 heterocycles. The first-order valence-corrected chi connectivity index (χ1v) is 7.15. The molecular formula is C5H11NO7P2. The lowest BCUT2D eigenvalue weighted by molar-refractivity contribution is -0.124. The van der Waals surface area contributed by atoms with Crippen molar-refractivity contribution in [2.75, 3.05) is 12.6 Å². The van der Waals surface area contributed by atoms with Gasteiger partial charge in [-0.25, -0.2) is 0 Å². The van der Waals surface area contributed by atoms with Gasteiger partial charge < -0.3 is 24.5 Å². The predicted molar refractivity (Wildman–Crippen MR) is 50.9 cm³/mol. The lowest BCUT2D eigenvalue weighted by Gasteiger charge is -2.21. The fraction of sp³-hybridized carbons (Fsp3) is 0.400. The van der Waals surface area contributed by atoms with Crippen LogP contribution in [0, 0.1) is 0 Å². The van der Waals surface area contributed by atoms with Crippen molar-refractivity contribution < 1.29 is 33.5 Å². The number of hydrogen-bond donors (Lipinski definition) is 4. The third-order valence-corrected chi connectivity index (χ3v) is 2.62. The van der Waals surface area contributed by atoms with Crippen molar-refractivity contribution in [3.8, 4) is 0 Å². The molecule has 0 spiro atoms. The molecular weight excluding hydrogens is 248 g/mol. The Morgan fingerprint density at radius 1 is 1.13 bits per heavy atom. The van der Waals surface area contributed by atoms with Crippen LogP contribution in [0.4, 0.5) is 0 Å². The quantitative estimate of drug-likeness (QED) is 0.377. The van der Waals surface area contributed by atoms with Crippen LogP contribution in [-0.2, 0) is 13.9 Å². The first-order valence-electron chi connectivity index (χ1n) is 3.55. The standard InChI is InChI=1S/C5H11NO7P2/c1-2-5(7)6(3-14(8,9)10)4-15(11,12)13/h2H,1,3-4H2,(H2,8,9,10)(H2,11,12,13). The Hall–Kier alpha value is -0.490. The van der Waals surface area contributed by atoms with Gasteiger partial charge in [0.15, 0.2) is 0 Å². The highest BCUT2D eigenvalue weighted by Gasteiger charge is 2.27. The van der Waals surface area contributed by atoms with Crippen LogP contribution < -0.4 is 0 Å². The molecule has 0 aliphatic heterocycles. The van der Waals surface area contributed by atoms with Gasteiger partial charge in [-0.15, -0.1) is 0 Å². The molecule has 0 rings (SSSR count). The molecule has 0 aromatic rings. The van der Waals surface area contributed by atoms with E-state index < -0.39 is 33.7 Å². The highest BCUT2D eigenvalue weighted by atomic mass is 31.2. The van der Waals surface area contributed by atoms with Gasteiger partial charge in [0.2, 0.25) is 5.91 Å². The molecule has 4 N–H and O–H groups in total. The molecule has 0 atom stereocenters. The van der Waals surface area contributed by atoms with E-state index in [2.05, 4.69) is 6.58 Å². The van der Waals surface area contributed by atoms with Crippen molar-refractivity contribution in [3.63, 3.8) is 0 Å². The van der Waals surface area contributed by atoms with Crippen LogP contribution in [0.3, 0.4) is 0 Å². The van der Waals surface area contributed by atoms with Crippen molar-refractivity contribution in [1.82, 2.24) is 4.90 Å². The molecule has 88 valence electrons. The van der Waals surface area contributed by atoms with E-state index in [1.807, 2.05) is 0 Å². The van der Waals surface area contributed by atoms with Crippen LogP contribution in [0.1, 0.15) is 0 Å². The van der Waals surface area contributed by atoms with Crippen molar-refractivity contribution in [3.05, 3.63) is 12.7 Å². The number of carbonyl (C=O) groups excluding carboxylic acids is 1. The SMILES string of the molecule is C=CC(=O)N(CP(=O)(O)O)CP(=O)(O)O. The van der Waals surface area contributed by atoms with Crippen LogP contribution in [0.5, 0.6) is 0 Å². The number of nitrogens with zero attached hydrogens (tertiary/aromatic N) is 1. The molecule has 1 amide bonds. The summed E-state index contributed by atoms with van der Waals surface area (Å²) in [5.41, 5.74) is 0. The van der Waals surface area contributed by atoms with Gasteiger partial charge in [0.05, 0.1) is 0 Å². The van der Waals surface area contributed by atoms with Crippen LogP contribution in [-0.4, -0.2) is 43.0 Å². The number of rotatable bonds is 5. The minimum absolute atomic E-state index is 0.356. The molecule has 15 heavy (non-hydrogen) atoms. The van der Waals surface area contributed by atoms with Gasteiger partial charge in [0, 0.05) is 0 Å². The molecule has 0 fully saturated rings. The maximum absolute atomic E-state index is 11.0. The topological polar surface area (TPSA) is 135 Å². The summed E-state index contributed by atoms with van der Waals surface area (Å²) in [6.45, 7) is 3.04. The fourth-order valence-electron chi connectivity index (χ4n) is 0.758. The van der Waals surface area contributed by atoms with Gasteiger partial charge in [-0.3, -0.25) is 13.9 Å². The molecule has 0 aliphatic carbocycles. The van der Waals surface area contributed by atoms with Crippen LogP contribution in [0.2, 0.25) is 0 Å². The molecule has 0 radical (unpaired) electrons. The van der Waals surface area contributed by atoms with Crippen LogP contribution in [0.15, 0.2) is 12.7 Å². The van der Waals surface area contributed by atoms with E-state index >= 15 is 0 Å². The largest absolute Gasteiger partial charge is 0.344 e. The zero-order valence-electron chi connectivity index (χ0n) is 7.55. The summed E-state index contributed by atoms with van der Waals surface area (Å²) in [6, 6.07) is 0. The Bertz CT molecular complexity index is 317. The normalized spacial score (nSPS) is 12.3. The average Bonchev–Trinajstić information content (AvgIpc) is 1.96. The number of hydrogen-bond acceptors (Lipinski definition) is 3. The Morgan fingerprint density at radius 3 is 1.67 bits per heavy atom. The molecule has 8 nitrogen and oxygen atoms in total. The van der Waals surface area contributed by atoms with E-state index in [0.717, 1.165) is 0 Å². The Labute approximate surface area is 85.5 Å². The van der Waals surface area contributed by atoms with E-state index in [-0.39, 0.29) is 0 Å². The molecule has 0 aromatic carbocycles. The summed E-state index contributed by atoms with van der Waals surface area (Å²) in [6.07, 6.45) is -1.39. The second kappa shape index (κ2) is 5.03. The lowest BCUT2D eigenvalue weighted by Crippen LogP contribution is -2.31. The van der Waals surface area contributed by atoms with Gasteiger partial charge in [0.1, 0.15) is 12.6 Å². The smallest absolute Gasteiger partial charge is 0.323 e. The van der Waals surface area contributed by atoms with Gasteiger partial charge in [-0.05, 0) is 6.08 Å². The van der Waals surface area contributed by atoms with Crippen molar-refractivity contribution >= 4 is 21.1 Å². The highest BCUT2D eigenvalue weighted by Crippen LogP contribution is 2.40. The average molecular weight is 259 g/mol. The molecule has 0 aromatic heterocycles. The fourth-order valence-corrected chi connectivity index (χ4v) is 2.28. The van der Waals surface area contributed by atoms with E-state index in [0.29, 0.717) is 11.0 Å². The maximum atomic E-state index is 11.0. The summed E-state index contributed by atoms with van der Waals surface area (Å²) < 4.78 is 21.1. The summed E-state index contributed by atoms with van der Waals surface area (Å²) in [5.74, 6) is -0.957. The Balaban J connectivity index is 4.76. The number of carbonyl (C=O) groups is 1. The monoisotopic (exact) mass is 259 g/mol. The van der Waals surface area contributed by atoms with E-state index in [9.17, 15) is 13.9 Å². The third kappa shape index (κ3) is 7.44. The molecule has 0 aliphatic rings. The van der Waals surface area contributed by atoms with Crippen molar-refractivity contribution in [2.45, 2.75) is 0 Å². The summed E-state index contributed by atoms with van der Waals surface area (Å²) in [4.78, 5) is 45.6. The first-order chi connectivity index (χ1) is 6.55. The molecule has 0 bridgehead atoms. The summed E-state index contributed by atoms with van der Waals surface area (Å²) >= 11 is 0. The lowest BCUT2D eigenvalue weighted by atomic mass is 10.5. The van der Waals surface area contributed by atoms with E-state index in [1.54, 1.807) is 0 Å². The predicted octanol–water partition coefficient (Wildman–Crippen LogP) is -0.729. The van der Waals surface area contributed by atoms with Gasteiger partial charge in [-0.1, -0.05) is 6.58 Å². The van der Waals surface area contributed by atoms with Gasteiger partial charge >= 0.3 is 15.2 Å². The minimum atomic E-state index is -4.56. The van der Waals surface area contributed by atoms with Crippen molar-refractivity contribution in [1.29, 1.82) is 0 Å². The second-order valence-electron chi connectivity index (χ2n) is 2.69. The van der Waals surface area contributed by atoms with Crippen molar-refractivity contribution in [2.24, 2.45) is 0 Å². The van der Waals surface area contributed by atoms with E-state index in [4.69, 9.17) is 19.6 Å². The van der Waals surface area contributed by atoms with Gasteiger partial charge in [0.25, 0.3) is 0 Å².